The minimum atomic E-state index is -3.43. The molecule has 0 saturated carbocycles. The van der Waals surface area contributed by atoms with Gasteiger partial charge < -0.3 is 10.6 Å². The van der Waals surface area contributed by atoms with Gasteiger partial charge in [0.15, 0.2) is 0 Å². The third-order valence-electron chi connectivity index (χ3n) is 4.73. The lowest BCUT2D eigenvalue weighted by Gasteiger charge is -2.14. The molecule has 0 fully saturated rings. The maximum Gasteiger partial charge on any atom is 0.261 e. The third kappa shape index (κ3) is 6.18. The molecule has 2 aromatic carbocycles. The summed E-state index contributed by atoms with van der Waals surface area (Å²) in [5.74, 6) is -0.411. The van der Waals surface area contributed by atoms with Crippen LogP contribution >= 0.6 is 11.3 Å². The van der Waals surface area contributed by atoms with E-state index in [0.29, 0.717) is 40.3 Å². The van der Waals surface area contributed by atoms with Crippen molar-refractivity contribution in [2.24, 2.45) is 0 Å². The van der Waals surface area contributed by atoms with Crippen molar-refractivity contribution in [3.63, 3.8) is 0 Å². The molecular formula is C23H25N3O4S2. The molecule has 7 nitrogen and oxygen atoms in total. The largest absolute Gasteiger partial charge is 0.347 e. The molecule has 0 aliphatic rings. The monoisotopic (exact) mass is 471 g/mol. The molecule has 0 atom stereocenters. The van der Waals surface area contributed by atoms with Gasteiger partial charge in [0.25, 0.3) is 11.8 Å². The van der Waals surface area contributed by atoms with Crippen molar-refractivity contribution in [1.29, 1.82) is 0 Å². The summed E-state index contributed by atoms with van der Waals surface area (Å²) in [5, 5.41) is 7.52. The zero-order valence-corrected chi connectivity index (χ0v) is 19.5. The topological polar surface area (TPSA) is 104 Å². The number of nitrogens with one attached hydrogen (secondary N) is 3. The summed E-state index contributed by atoms with van der Waals surface area (Å²) in [4.78, 5) is 25.4. The lowest BCUT2D eigenvalue weighted by atomic mass is 10.1. The summed E-state index contributed by atoms with van der Waals surface area (Å²) >= 11 is 1.38. The average Bonchev–Trinajstić information content (AvgIpc) is 3.30. The second kappa shape index (κ2) is 10.4. The molecule has 9 heteroatoms. The van der Waals surface area contributed by atoms with E-state index in [-0.39, 0.29) is 17.6 Å². The van der Waals surface area contributed by atoms with Crippen LogP contribution in [0, 0.1) is 6.92 Å². The van der Waals surface area contributed by atoms with Crippen LogP contribution in [-0.4, -0.2) is 26.0 Å². The number of anilines is 2. The second-order valence-corrected chi connectivity index (χ2v) is 10.00. The first-order valence-electron chi connectivity index (χ1n) is 10.1. The Balaban J connectivity index is 1.63. The van der Waals surface area contributed by atoms with Crippen molar-refractivity contribution >= 4 is 44.5 Å². The Kier molecular flexibility index (Phi) is 7.66. The van der Waals surface area contributed by atoms with Gasteiger partial charge in [0.2, 0.25) is 10.0 Å². The average molecular weight is 472 g/mol. The molecule has 0 unspecified atom stereocenters. The van der Waals surface area contributed by atoms with Crippen LogP contribution in [0.15, 0.2) is 60.0 Å². The van der Waals surface area contributed by atoms with Crippen molar-refractivity contribution < 1.29 is 18.0 Å². The highest BCUT2D eigenvalue weighted by atomic mass is 32.2. The molecule has 0 aliphatic carbocycles. The first-order valence-corrected chi connectivity index (χ1v) is 12.6. The van der Waals surface area contributed by atoms with Crippen LogP contribution < -0.4 is 15.4 Å². The number of carbonyl (C=O) groups is 2. The molecule has 168 valence electrons. The summed E-state index contributed by atoms with van der Waals surface area (Å²) < 4.78 is 26.7. The zero-order valence-electron chi connectivity index (χ0n) is 17.8. The van der Waals surface area contributed by atoms with E-state index >= 15 is 0 Å². The van der Waals surface area contributed by atoms with E-state index in [1.165, 1.54) is 11.3 Å². The molecule has 0 bridgehead atoms. The lowest BCUT2D eigenvalue weighted by molar-refractivity contribution is 0.0953. The fraction of sp³-hybridized carbons (Fsp3) is 0.217. The fourth-order valence-corrected chi connectivity index (χ4v) is 4.85. The maximum atomic E-state index is 12.7. The van der Waals surface area contributed by atoms with Gasteiger partial charge in [-0.3, -0.25) is 14.3 Å². The van der Waals surface area contributed by atoms with Crippen molar-refractivity contribution in [3.8, 4) is 0 Å². The zero-order chi connectivity index (χ0) is 23.1. The van der Waals surface area contributed by atoms with Crippen molar-refractivity contribution in [3.05, 3.63) is 81.5 Å². The van der Waals surface area contributed by atoms with E-state index in [4.69, 9.17) is 0 Å². The Hall–Kier alpha value is -3.17. The lowest BCUT2D eigenvalue weighted by Crippen LogP contribution is -2.21. The van der Waals surface area contributed by atoms with Crippen molar-refractivity contribution in [1.82, 2.24) is 5.32 Å². The quantitative estimate of drug-likeness (QED) is 0.430. The molecule has 0 saturated heterocycles. The van der Waals surface area contributed by atoms with Gasteiger partial charge in [-0.25, -0.2) is 8.42 Å². The number of thiophene rings is 1. The Morgan fingerprint density at radius 3 is 2.31 bits per heavy atom. The molecule has 32 heavy (non-hydrogen) atoms. The first-order chi connectivity index (χ1) is 15.3. The first kappa shape index (κ1) is 23.5. The minimum Gasteiger partial charge on any atom is -0.347 e. The smallest absolute Gasteiger partial charge is 0.261 e. The van der Waals surface area contributed by atoms with Gasteiger partial charge >= 0.3 is 0 Å². The summed E-state index contributed by atoms with van der Waals surface area (Å²) in [5.41, 5.74) is 2.92. The Labute approximate surface area is 191 Å². The van der Waals surface area contributed by atoms with Gasteiger partial charge in [-0.1, -0.05) is 31.2 Å². The molecule has 0 spiro atoms. The van der Waals surface area contributed by atoms with E-state index in [0.717, 1.165) is 5.56 Å². The van der Waals surface area contributed by atoms with E-state index in [1.807, 2.05) is 11.4 Å². The van der Waals surface area contributed by atoms with Gasteiger partial charge in [0.1, 0.15) is 0 Å². The molecule has 3 aromatic rings. The number of sulfonamides is 1. The molecule has 3 N–H and O–H groups in total. The summed E-state index contributed by atoms with van der Waals surface area (Å²) in [7, 11) is -3.43. The van der Waals surface area contributed by atoms with Gasteiger partial charge in [0, 0.05) is 17.8 Å². The normalized spacial score (nSPS) is 11.1. The number of hydrogen-bond acceptors (Lipinski definition) is 5. The summed E-state index contributed by atoms with van der Waals surface area (Å²) in [6.45, 7) is 3.90. The van der Waals surface area contributed by atoms with Crippen LogP contribution in [-0.2, 0) is 16.6 Å². The molecule has 1 aromatic heterocycles. The van der Waals surface area contributed by atoms with E-state index < -0.39 is 10.0 Å². The van der Waals surface area contributed by atoms with Gasteiger partial charge in [-0.2, -0.15) is 0 Å². The highest BCUT2D eigenvalue weighted by molar-refractivity contribution is 7.92. The highest BCUT2D eigenvalue weighted by Crippen LogP contribution is 2.25. The minimum absolute atomic E-state index is 0.0309. The number of carbonyl (C=O) groups excluding carboxylic acids is 2. The molecule has 3 rings (SSSR count). The predicted octanol–water partition coefficient (Wildman–Crippen LogP) is 4.39. The molecule has 0 aliphatic heterocycles. The van der Waals surface area contributed by atoms with E-state index in [2.05, 4.69) is 15.4 Å². The van der Waals surface area contributed by atoms with Crippen LogP contribution in [0.5, 0.6) is 0 Å². The van der Waals surface area contributed by atoms with Gasteiger partial charge in [0.05, 0.1) is 16.3 Å². The van der Waals surface area contributed by atoms with Gasteiger partial charge in [-0.15, -0.1) is 11.3 Å². The van der Waals surface area contributed by atoms with Crippen molar-refractivity contribution in [2.45, 2.75) is 26.8 Å². The van der Waals surface area contributed by atoms with Crippen LogP contribution in [0.4, 0.5) is 11.4 Å². The number of rotatable bonds is 9. The molecule has 0 radical (unpaired) electrons. The number of hydrogen-bond donors (Lipinski definition) is 3. The molecular weight excluding hydrogens is 446 g/mol. The molecule has 2 amide bonds. The summed E-state index contributed by atoms with van der Waals surface area (Å²) in [6, 6.07) is 15.6. The Morgan fingerprint density at radius 2 is 1.66 bits per heavy atom. The van der Waals surface area contributed by atoms with Crippen LogP contribution in [0.2, 0.25) is 0 Å². The summed E-state index contributed by atoms with van der Waals surface area (Å²) in [6.07, 6.45) is 0.512. The number of benzene rings is 2. The third-order valence-corrected chi connectivity index (χ3v) is 7.08. The Bertz CT molecular complexity index is 1190. The standard InChI is InChI=1S/C23H25N3O4S2/c1-3-14-32(29,30)26-20-7-4-6-19(16(20)2)25-22(27)18-11-9-17(10-12-18)15-24-23(28)21-8-5-13-31-21/h4-13,26H,3,14-15H2,1-2H3,(H,24,28)(H,25,27). The Morgan fingerprint density at radius 1 is 0.938 bits per heavy atom. The van der Waals surface area contributed by atoms with Crippen LogP contribution in [0.1, 0.15) is 44.5 Å². The number of amides is 2. The second-order valence-electron chi connectivity index (χ2n) is 7.21. The SMILES string of the molecule is CCCS(=O)(=O)Nc1cccc(NC(=O)c2ccc(CNC(=O)c3cccs3)cc2)c1C. The van der Waals surface area contributed by atoms with E-state index in [1.54, 1.807) is 62.4 Å². The van der Waals surface area contributed by atoms with Crippen LogP contribution in [0.25, 0.3) is 0 Å². The van der Waals surface area contributed by atoms with Crippen molar-refractivity contribution in [2.75, 3.05) is 15.8 Å². The van der Waals surface area contributed by atoms with E-state index in [9.17, 15) is 18.0 Å². The van der Waals surface area contributed by atoms with Crippen LogP contribution in [0.3, 0.4) is 0 Å². The fourth-order valence-electron chi connectivity index (χ4n) is 3.01. The maximum absolute atomic E-state index is 12.7. The predicted molar refractivity (Wildman–Crippen MR) is 129 cm³/mol. The highest BCUT2D eigenvalue weighted by Gasteiger charge is 2.14. The van der Waals surface area contributed by atoms with Gasteiger partial charge in [-0.05, 0) is 60.2 Å². The molecule has 1 heterocycles.